The summed E-state index contributed by atoms with van der Waals surface area (Å²) >= 11 is 0. The molecule has 0 bridgehead atoms. The number of aromatic nitrogens is 2. The molecule has 1 unspecified atom stereocenters. The lowest BCUT2D eigenvalue weighted by Crippen LogP contribution is -2.48. The number of amides is 1. The highest BCUT2D eigenvalue weighted by Gasteiger charge is 2.24. The number of aliphatic hydroxyl groups is 1. The molecule has 1 amide bonds. The highest BCUT2D eigenvalue weighted by atomic mass is 16.3. The largest absolute Gasteiger partial charge is 0.394 e. The van der Waals surface area contributed by atoms with Crippen LogP contribution in [0.25, 0.3) is 11.3 Å². The highest BCUT2D eigenvalue weighted by Crippen LogP contribution is 2.17. The van der Waals surface area contributed by atoms with Crippen molar-refractivity contribution >= 4 is 5.91 Å². The summed E-state index contributed by atoms with van der Waals surface area (Å²) in [5.41, 5.74) is 1.44. The third-order valence-corrected chi connectivity index (χ3v) is 3.44. The van der Waals surface area contributed by atoms with Gasteiger partial charge in [-0.15, -0.1) is 0 Å². The van der Waals surface area contributed by atoms with Crippen molar-refractivity contribution in [3.8, 4) is 11.3 Å². The van der Waals surface area contributed by atoms with Crippen LogP contribution in [0.2, 0.25) is 0 Å². The monoisotopic (exact) mass is 273 g/mol. The fourth-order valence-electron chi connectivity index (χ4n) is 1.78. The van der Waals surface area contributed by atoms with Gasteiger partial charge in [0.05, 0.1) is 17.8 Å². The molecule has 106 valence electrons. The van der Waals surface area contributed by atoms with Crippen LogP contribution < -0.4 is 5.32 Å². The van der Waals surface area contributed by atoms with Crippen LogP contribution in [0.15, 0.2) is 36.4 Å². The van der Waals surface area contributed by atoms with E-state index in [1.165, 1.54) is 0 Å². The van der Waals surface area contributed by atoms with Crippen LogP contribution in [0, 0.1) is 0 Å². The Morgan fingerprint density at radius 2 is 2.10 bits per heavy atom. The van der Waals surface area contributed by atoms with E-state index in [1.54, 1.807) is 13.0 Å². The minimum absolute atomic E-state index is 0.102. The van der Waals surface area contributed by atoms with Crippen LogP contribution >= 0.6 is 0 Å². The van der Waals surface area contributed by atoms with Gasteiger partial charge in [-0.2, -0.15) is 5.10 Å². The third kappa shape index (κ3) is 3.05. The van der Waals surface area contributed by atoms with Crippen molar-refractivity contribution in [1.29, 1.82) is 0 Å². The molecule has 0 aliphatic heterocycles. The van der Waals surface area contributed by atoms with Crippen molar-refractivity contribution in [2.24, 2.45) is 0 Å². The number of nitrogens with zero attached hydrogens (tertiary/aromatic N) is 1. The minimum Gasteiger partial charge on any atom is -0.394 e. The van der Waals surface area contributed by atoms with Gasteiger partial charge in [0.25, 0.3) is 5.91 Å². The summed E-state index contributed by atoms with van der Waals surface area (Å²) in [6.45, 7) is 3.62. The Labute approximate surface area is 118 Å². The standard InChI is InChI=1S/C15H19N3O2/c1-3-15(2,10-19)16-14(20)13-9-12(17-18-13)11-7-5-4-6-8-11/h4-9,19H,3,10H2,1-2H3,(H,16,20)(H,17,18). The van der Waals surface area contributed by atoms with Gasteiger partial charge in [0.2, 0.25) is 0 Å². The molecule has 2 rings (SSSR count). The molecule has 0 spiro atoms. The van der Waals surface area contributed by atoms with E-state index in [0.717, 1.165) is 11.3 Å². The fraction of sp³-hybridized carbons (Fsp3) is 0.333. The molecule has 5 nitrogen and oxygen atoms in total. The molecule has 5 heteroatoms. The molecule has 2 aromatic rings. The second kappa shape index (κ2) is 5.88. The molecule has 1 aromatic heterocycles. The van der Waals surface area contributed by atoms with Crippen LogP contribution in [-0.2, 0) is 0 Å². The molecule has 0 aliphatic carbocycles. The van der Waals surface area contributed by atoms with Crippen LogP contribution in [0.3, 0.4) is 0 Å². The predicted molar refractivity (Wildman–Crippen MR) is 77.3 cm³/mol. The van der Waals surface area contributed by atoms with E-state index in [0.29, 0.717) is 12.1 Å². The number of carbonyl (C=O) groups is 1. The van der Waals surface area contributed by atoms with Crippen molar-refractivity contribution in [3.05, 3.63) is 42.1 Å². The Morgan fingerprint density at radius 3 is 2.70 bits per heavy atom. The van der Waals surface area contributed by atoms with E-state index in [1.807, 2.05) is 37.3 Å². The van der Waals surface area contributed by atoms with Crippen molar-refractivity contribution in [2.75, 3.05) is 6.61 Å². The highest BCUT2D eigenvalue weighted by molar-refractivity contribution is 5.93. The fourth-order valence-corrected chi connectivity index (χ4v) is 1.78. The van der Waals surface area contributed by atoms with Crippen molar-refractivity contribution in [1.82, 2.24) is 15.5 Å². The van der Waals surface area contributed by atoms with E-state index < -0.39 is 5.54 Å². The first-order valence-corrected chi connectivity index (χ1v) is 6.62. The van der Waals surface area contributed by atoms with E-state index in [4.69, 9.17) is 0 Å². The number of carbonyl (C=O) groups excluding carboxylic acids is 1. The maximum atomic E-state index is 12.1. The van der Waals surface area contributed by atoms with Gasteiger partial charge in [-0.25, -0.2) is 0 Å². The van der Waals surface area contributed by atoms with Gasteiger partial charge in [-0.3, -0.25) is 9.89 Å². The number of aromatic amines is 1. The topological polar surface area (TPSA) is 78.0 Å². The molecule has 20 heavy (non-hydrogen) atoms. The molecule has 1 heterocycles. The summed E-state index contributed by atoms with van der Waals surface area (Å²) in [7, 11) is 0. The molecule has 0 saturated heterocycles. The third-order valence-electron chi connectivity index (χ3n) is 3.44. The number of aliphatic hydroxyl groups excluding tert-OH is 1. The van der Waals surface area contributed by atoms with Gasteiger partial charge in [0.1, 0.15) is 5.69 Å². The summed E-state index contributed by atoms with van der Waals surface area (Å²) < 4.78 is 0. The zero-order chi connectivity index (χ0) is 14.6. The van der Waals surface area contributed by atoms with Crippen LogP contribution in [0.4, 0.5) is 0 Å². The first kappa shape index (κ1) is 14.3. The van der Waals surface area contributed by atoms with Crippen molar-refractivity contribution in [3.63, 3.8) is 0 Å². The molecule has 1 atom stereocenters. The quantitative estimate of drug-likeness (QED) is 0.779. The molecule has 1 aromatic carbocycles. The molecule has 0 saturated carbocycles. The minimum atomic E-state index is -0.616. The van der Waals surface area contributed by atoms with Crippen molar-refractivity contribution < 1.29 is 9.90 Å². The van der Waals surface area contributed by atoms with Crippen LogP contribution in [-0.4, -0.2) is 33.4 Å². The Hall–Kier alpha value is -2.14. The SMILES string of the molecule is CCC(C)(CO)NC(=O)c1cc(-c2ccccc2)n[nH]1. The number of benzene rings is 1. The average molecular weight is 273 g/mol. The second-order valence-electron chi connectivity index (χ2n) is 5.06. The maximum Gasteiger partial charge on any atom is 0.269 e. The van der Waals surface area contributed by atoms with E-state index in [9.17, 15) is 9.90 Å². The maximum absolute atomic E-state index is 12.1. The van der Waals surface area contributed by atoms with Gasteiger partial charge in [-0.05, 0) is 19.4 Å². The zero-order valence-electron chi connectivity index (χ0n) is 11.7. The zero-order valence-corrected chi connectivity index (χ0v) is 11.7. The van der Waals surface area contributed by atoms with Crippen LogP contribution in [0.5, 0.6) is 0 Å². The molecule has 0 aliphatic rings. The normalized spacial score (nSPS) is 13.8. The summed E-state index contributed by atoms with van der Waals surface area (Å²) in [5, 5.41) is 19.0. The van der Waals surface area contributed by atoms with E-state index >= 15 is 0 Å². The number of H-pyrrole nitrogens is 1. The number of rotatable bonds is 5. The Balaban J connectivity index is 2.15. The second-order valence-corrected chi connectivity index (χ2v) is 5.06. The smallest absolute Gasteiger partial charge is 0.269 e. The van der Waals surface area contributed by atoms with E-state index in [-0.39, 0.29) is 12.5 Å². The Morgan fingerprint density at radius 1 is 1.40 bits per heavy atom. The summed E-state index contributed by atoms with van der Waals surface area (Å²) in [6.07, 6.45) is 0.648. The Kier molecular flexibility index (Phi) is 4.20. The lowest BCUT2D eigenvalue weighted by Gasteiger charge is -2.26. The summed E-state index contributed by atoms with van der Waals surface area (Å²) in [6, 6.07) is 11.3. The van der Waals surface area contributed by atoms with Gasteiger partial charge in [0.15, 0.2) is 0 Å². The first-order chi connectivity index (χ1) is 9.58. The predicted octanol–water partition coefficient (Wildman–Crippen LogP) is 1.97. The lowest BCUT2D eigenvalue weighted by molar-refractivity contribution is 0.0842. The molecular weight excluding hydrogens is 254 g/mol. The molecule has 3 N–H and O–H groups in total. The summed E-state index contributed by atoms with van der Waals surface area (Å²) in [5.74, 6) is -0.266. The van der Waals surface area contributed by atoms with Gasteiger partial charge in [0, 0.05) is 5.56 Å². The van der Waals surface area contributed by atoms with Gasteiger partial charge < -0.3 is 10.4 Å². The van der Waals surface area contributed by atoms with Crippen LogP contribution in [0.1, 0.15) is 30.8 Å². The van der Waals surface area contributed by atoms with Gasteiger partial charge >= 0.3 is 0 Å². The average Bonchev–Trinajstić information content (AvgIpc) is 2.98. The first-order valence-electron chi connectivity index (χ1n) is 6.62. The molecule has 0 fully saturated rings. The molecule has 0 radical (unpaired) electrons. The summed E-state index contributed by atoms with van der Waals surface area (Å²) in [4.78, 5) is 12.1. The van der Waals surface area contributed by atoms with Gasteiger partial charge in [-0.1, -0.05) is 37.3 Å². The lowest BCUT2D eigenvalue weighted by atomic mass is 10.00. The number of nitrogens with one attached hydrogen (secondary N) is 2. The number of hydrogen-bond acceptors (Lipinski definition) is 3. The number of hydrogen-bond donors (Lipinski definition) is 3. The Bertz CT molecular complexity index is 574. The van der Waals surface area contributed by atoms with E-state index in [2.05, 4.69) is 15.5 Å². The van der Waals surface area contributed by atoms with Crippen molar-refractivity contribution in [2.45, 2.75) is 25.8 Å². The molecular formula is C15H19N3O2.